The van der Waals surface area contributed by atoms with E-state index in [2.05, 4.69) is 13.8 Å². The van der Waals surface area contributed by atoms with E-state index in [4.69, 9.17) is 0 Å². The van der Waals surface area contributed by atoms with Gasteiger partial charge in [0.2, 0.25) is 0 Å². The van der Waals surface area contributed by atoms with Crippen molar-refractivity contribution >= 4 is 5.78 Å². The first kappa shape index (κ1) is 16.0. The fourth-order valence-corrected chi connectivity index (χ4v) is 4.96. The zero-order chi connectivity index (χ0) is 15.0. The number of hydrogen-bond donors (Lipinski definition) is 1. The summed E-state index contributed by atoms with van der Waals surface area (Å²) in [5, 5.41) is 9.82. The van der Waals surface area contributed by atoms with Crippen LogP contribution >= 0.6 is 0 Å². The normalized spacial score (nSPS) is 36.0. The summed E-state index contributed by atoms with van der Waals surface area (Å²) in [7, 11) is 0. The summed E-state index contributed by atoms with van der Waals surface area (Å²) in [6, 6.07) is 0. The molecule has 0 saturated heterocycles. The third kappa shape index (κ3) is 3.27. The third-order valence-electron chi connectivity index (χ3n) is 6.07. The van der Waals surface area contributed by atoms with Crippen LogP contribution in [-0.4, -0.2) is 16.5 Å². The van der Waals surface area contributed by atoms with Crippen LogP contribution in [0.2, 0.25) is 0 Å². The third-order valence-corrected chi connectivity index (χ3v) is 6.07. The topological polar surface area (TPSA) is 37.3 Å². The Bertz CT molecular complexity index is 355. The van der Waals surface area contributed by atoms with E-state index in [0.29, 0.717) is 23.5 Å². The number of fused-ring (bicyclic) bond motifs is 1. The largest absolute Gasteiger partial charge is 0.390 e. The number of Topliss-reactive ketones (excluding diaryl/α,β-unsaturated/α-hetero) is 1. The number of carbonyl (C=O) groups is 1. The van der Waals surface area contributed by atoms with Gasteiger partial charge in [-0.05, 0) is 63.2 Å². The molecule has 0 radical (unpaired) electrons. The minimum atomic E-state index is -0.539. The predicted octanol–water partition coefficient (Wildman–Crippen LogP) is 4.35. The second-order valence-electron chi connectivity index (χ2n) is 8.24. The maximum Gasteiger partial charge on any atom is 0.136 e. The lowest BCUT2D eigenvalue weighted by Gasteiger charge is -2.42. The quantitative estimate of drug-likeness (QED) is 0.813. The zero-order valence-electron chi connectivity index (χ0n) is 13.7. The Balaban J connectivity index is 1.93. The van der Waals surface area contributed by atoms with Gasteiger partial charge in [0.25, 0.3) is 0 Å². The van der Waals surface area contributed by atoms with Crippen LogP contribution in [0.5, 0.6) is 0 Å². The number of aliphatic hydroxyl groups is 1. The number of carbonyl (C=O) groups excluding carboxylic acids is 1. The van der Waals surface area contributed by atoms with Gasteiger partial charge < -0.3 is 5.11 Å². The Labute approximate surface area is 124 Å². The molecule has 0 unspecified atom stereocenters. The molecule has 1 N–H and O–H groups in total. The summed E-state index contributed by atoms with van der Waals surface area (Å²) in [4.78, 5) is 12.2. The molecule has 116 valence electrons. The van der Waals surface area contributed by atoms with Crippen molar-refractivity contribution in [3.8, 4) is 0 Å². The highest BCUT2D eigenvalue weighted by molar-refractivity contribution is 5.83. The molecule has 2 fully saturated rings. The van der Waals surface area contributed by atoms with Crippen molar-refractivity contribution in [2.24, 2.45) is 23.2 Å². The van der Waals surface area contributed by atoms with Gasteiger partial charge in [0.15, 0.2) is 0 Å². The van der Waals surface area contributed by atoms with Gasteiger partial charge in [-0.3, -0.25) is 4.79 Å². The van der Waals surface area contributed by atoms with Crippen molar-refractivity contribution in [2.75, 3.05) is 0 Å². The van der Waals surface area contributed by atoms with Gasteiger partial charge in [0.1, 0.15) is 5.78 Å². The van der Waals surface area contributed by atoms with E-state index in [1.165, 1.54) is 19.3 Å². The first-order valence-corrected chi connectivity index (χ1v) is 8.49. The molecular weight excluding hydrogens is 248 g/mol. The van der Waals surface area contributed by atoms with Crippen LogP contribution in [0.3, 0.4) is 0 Å². The number of ketones is 1. The molecule has 2 rings (SSSR count). The van der Waals surface area contributed by atoms with E-state index in [0.717, 1.165) is 32.1 Å². The molecular formula is C18H32O2. The van der Waals surface area contributed by atoms with E-state index in [1.807, 2.05) is 13.8 Å². The molecule has 0 aliphatic heterocycles. The maximum atomic E-state index is 12.2. The smallest absolute Gasteiger partial charge is 0.136 e. The number of rotatable bonds is 5. The first-order chi connectivity index (χ1) is 9.24. The molecule has 20 heavy (non-hydrogen) atoms. The molecule has 2 heteroatoms. The average Bonchev–Trinajstić information content (AvgIpc) is 2.66. The Hall–Kier alpha value is -0.370. The Morgan fingerprint density at radius 1 is 1.40 bits per heavy atom. The van der Waals surface area contributed by atoms with Crippen molar-refractivity contribution in [3.63, 3.8) is 0 Å². The molecule has 4 atom stereocenters. The Morgan fingerprint density at radius 3 is 2.75 bits per heavy atom. The van der Waals surface area contributed by atoms with Crippen LogP contribution in [0.1, 0.15) is 79.1 Å². The van der Waals surface area contributed by atoms with Crippen LogP contribution in [-0.2, 0) is 4.79 Å². The van der Waals surface area contributed by atoms with Crippen molar-refractivity contribution in [3.05, 3.63) is 0 Å². The van der Waals surface area contributed by atoms with Crippen molar-refractivity contribution in [1.29, 1.82) is 0 Å². The molecule has 2 saturated carbocycles. The minimum absolute atomic E-state index is 0.267. The second kappa shape index (κ2) is 5.79. The zero-order valence-corrected chi connectivity index (χ0v) is 13.7. The average molecular weight is 280 g/mol. The van der Waals surface area contributed by atoms with Crippen LogP contribution in [0.25, 0.3) is 0 Å². The summed E-state index contributed by atoms with van der Waals surface area (Å²) in [6.07, 6.45) is 8.67. The molecule has 2 aliphatic carbocycles. The van der Waals surface area contributed by atoms with Crippen LogP contribution in [0.4, 0.5) is 0 Å². The molecule has 2 aliphatic rings. The van der Waals surface area contributed by atoms with E-state index in [9.17, 15) is 9.90 Å². The lowest BCUT2D eigenvalue weighted by atomic mass is 9.62. The fourth-order valence-electron chi connectivity index (χ4n) is 4.96. The molecule has 2 nitrogen and oxygen atoms in total. The molecule has 0 amide bonds. The SMILES string of the molecule is C[C@H](CCCC(C)(C)O)[C@@H]1CC[C@H]2C(=O)CCC[C@@]21C. The van der Waals surface area contributed by atoms with Gasteiger partial charge in [-0.1, -0.05) is 26.7 Å². The highest BCUT2D eigenvalue weighted by Gasteiger charge is 2.52. The van der Waals surface area contributed by atoms with Crippen molar-refractivity contribution in [2.45, 2.75) is 84.7 Å². The van der Waals surface area contributed by atoms with Crippen molar-refractivity contribution in [1.82, 2.24) is 0 Å². The van der Waals surface area contributed by atoms with Crippen LogP contribution < -0.4 is 0 Å². The molecule has 0 aromatic carbocycles. The maximum absolute atomic E-state index is 12.2. The van der Waals surface area contributed by atoms with Gasteiger partial charge in [0, 0.05) is 12.3 Å². The molecule has 0 bridgehead atoms. The van der Waals surface area contributed by atoms with Crippen molar-refractivity contribution < 1.29 is 9.90 Å². The van der Waals surface area contributed by atoms with Gasteiger partial charge in [0.05, 0.1) is 5.60 Å². The molecule has 0 heterocycles. The van der Waals surface area contributed by atoms with Crippen LogP contribution in [0.15, 0.2) is 0 Å². The number of hydrogen-bond acceptors (Lipinski definition) is 2. The summed E-state index contributed by atoms with van der Waals surface area (Å²) in [5.74, 6) is 2.26. The van der Waals surface area contributed by atoms with E-state index < -0.39 is 5.60 Å². The lowest BCUT2D eigenvalue weighted by molar-refractivity contribution is -0.130. The Morgan fingerprint density at radius 2 is 2.10 bits per heavy atom. The summed E-state index contributed by atoms with van der Waals surface area (Å²) in [6.45, 7) is 8.52. The van der Waals surface area contributed by atoms with Gasteiger partial charge in [-0.2, -0.15) is 0 Å². The summed E-state index contributed by atoms with van der Waals surface area (Å²) in [5.41, 5.74) is -0.272. The minimum Gasteiger partial charge on any atom is -0.390 e. The van der Waals surface area contributed by atoms with Crippen LogP contribution in [0, 0.1) is 23.2 Å². The van der Waals surface area contributed by atoms with Gasteiger partial charge in [-0.15, -0.1) is 0 Å². The fraction of sp³-hybridized carbons (Fsp3) is 0.944. The predicted molar refractivity (Wildman–Crippen MR) is 82.5 cm³/mol. The monoisotopic (exact) mass is 280 g/mol. The van der Waals surface area contributed by atoms with Gasteiger partial charge >= 0.3 is 0 Å². The lowest BCUT2D eigenvalue weighted by Crippen LogP contribution is -2.39. The summed E-state index contributed by atoms with van der Waals surface area (Å²) >= 11 is 0. The molecule has 0 aromatic heterocycles. The highest BCUT2D eigenvalue weighted by Crippen LogP contribution is 2.57. The Kier molecular flexibility index (Phi) is 4.63. The van der Waals surface area contributed by atoms with E-state index >= 15 is 0 Å². The highest BCUT2D eigenvalue weighted by atomic mass is 16.3. The standard InChI is InChI=1S/C18H32O2/c1-13(7-5-11-17(2,3)20)14-9-10-15-16(19)8-6-12-18(14,15)4/h13-15,20H,5-12H2,1-4H3/t13-,14+,15+,18-/m1/s1. The first-order valence-electron chi connectivity index (χ1n) is 8.49. The molecule has 0 aromatic rings. The van der Waals surface area contributed by atoms with Gasteiger partial charge in [-0.25, -0.2) is 0 Å². The molecule has 0 spiro atoms. The van der Waals surface area contributed by atoms with E-state index in [1.54, 1.807) is 0 Å². The second-order valence-corrected chi connectivity index (χ2v) is 8.24. The summed E-state index contributed by atoms with van der Waals surface area (Å²) < 4.78 is 0. The van der Waals surface area contributed by atoms with E-state index in [-0.39, 0.29) is 5.41 Å².